The van der Waals surface area contributed by atoms with Crippen molar-refractivity contribution in [3.63, 3.8) is 0 Å². The molecule has 0 saturated heterocycles. The summed E-state index contributed by atoms with van der Waals surface area (Å²) in [5.41, 5.74) is -0.720. The van der Waals surface area contributed by atoms with Crippen molar-refractivity contribution >= 4 is 11.6 Å². The summed E-state index contributed by atoms with van der Waals surface area (Å²) in [7, 11) is 0. The molecule has 0 aliphatic heterocycles. The minimum atomic E-state index is -1.02. The Morgan fingerprint density at radius 2 is 1.80 bits per heavy atom. The highest BCUT2D eigenvalue weighted by molar-refractivity contribution is 6.31. The molecule has 82 valence electrons. The van der Waals surface area contributed by atoms with Gasteiger partial charge in [-0.1, -0.05) is 49.7 Å². The van der Waals surface area contributed by atoms with Gasteiger partial charge in [-0.15, -0.1) is 6.58 Å². The Morgan fingerprint density at radius 1 is 1.27 bits per heavy atom. The normalized spacial score (nSPS) is 15.8. The molecule has 1 atom stereocenters. The van der Waals surface area contributed by atoms with E-state index in [0.29, 0.717) is 5.02 Å². The van der Waals surface area contributed by atoms with E-state index in [1.807, 2.05) is 32.0 Å². The largest absolute Gasteiger partial charge is 0.385 e. The number of benzene rings is 1. The Balaban J connectivity index is 3.28. The van der Waals surface area contributed by atoms with Crippen LogP contribution in [0.4, 0.5) is 0 Å². The Kier molecular flexibility index (Phi) is 3.27. The predicted octanol–water partition coefficient (Wildman–Crippen LogP) is 3.76. The van der Waals surface area contributed by atoms with Crippen LogP contribution in [0, 0.1) is 5.41 Å². The molecule has 1 aromatic rings. The van der Waals surface area contributed by atoms with Crippen LogP contribution in [-0.2, 0) is 5.60 Å². The molecule has 15 heavy (non-hydrogen) atoms. The van der Waals surface area contributed by atoms with Gasteiger partial charge >= 0.3 is 0 Å². The van der Waals surface area contributed by atoms with Crippen LogP contribution in [-0.4, -0.2) is 5.11 Å². The summed E-state index contributed by atoms with van der Waals surface area (Å²) >= 11 is 6.08. The molecule has 0 aromatic heterocycles. The van der Waals surface area contributed by atoms with Crippen LogP contribution < -0.4 is 0 Å². The molecule has 2 heteroatoms. The van der Waals surface area contributed by atoms with Crippen molar-refractivity contribution in [1.82, 2.24) is 0 Å². The Morgan fingerprint density at radius 3 is 2.27 bits per heavy atom. The van der Waals surface area contributed by atoms with Crippen molar-refractivity contribution < 1.29 is 5.11 Å². The van der Waals surface area contributed by atoms with Gasteiger partial charge in [0.1, 0.15) is 0 Å². The fraction of sp³-hybridized carbons (Fsp3) is 0.385. The lowest BCUT2D eigenvalue weighted by atomic mass is 9.72. The van der Waals surface area contributed by atoms with E-state index in [-0.39, 0.29) is 0 Å². The van der Waals surface area contributed by atoms with Crippen LogP contribution in [0.25, 0.3) is 0 Å². The standard InChI is InChI=1S/C13H17ClO/c1-5-12(2,3)13(4,15)10-8-6-7-9-11(10)14/h5-9,15H,1H2,2-4H3. The average molecular weight is 225 g/mol. The van der Waals surface area contributed by atoms with Crippen LogP contribution in [0.15, 0.2) is 36.9 Å². The first-order valence-corrected chi connectivity index (χ1v) is 5.31. The third kappa shape index (κ3) is 2.09. The third-order valence-corrected chi connectivity index (χ3v) is 3.49. The lowest BCUT2D eigenvalue weighted by Crippen LogP contribution is -2.37. The third-order valence-electron chi connectivity index (χ3n) is 3.16. The zero-order valence-corrected chi connectivity index (χ0v) is 10.2. The van der Waals surface area contributed by atoms with Gasteiger partial charge < -0.3 is 5.11 Å². The SMILES string of the molecule is C=CC(C)(C)C(C)(O)c1ccccc1Cl. The van der Waals surface area contributed by atoms with E-state index in [2.05, 4.69) is 6.58 Å². The maximum atomic E-state index is 10.5. The lowest BCUT2D eigenvalue weighted by Gasteiger charge is -2.38. The second-order valence-corrected chi connectivity index (χ2v) is 4.89. The van der Waals surface area contributed by atoms with E-state index in [1.165, 1.54) is 0 Å². The van der Waals surface area contributed by atoms with Crippen LogP contribution in [0.3, 0.4) is 0 Å². The number of hydrogen-bond donors (Lipinski definition) is 1. The van der Waals surface area contributed by atoms with Crippen LogP contribution in [0.2, 0.25) is 5.02 Å². The monoisotopic (exact) mass is 224 g/mol. The summed E-state index contributed by atoms with van der Waals surface area (Å²) in [6.07, 6.45) is 1.75. The molecule has 0 spiro atoms. The maximum Gasteiger partial charge on any atom is 0.0967 e. The van der Waals surface area contributed by atoms with Crippen molar-refractivity contribution in [2.45, 2.75) is 26.4 Å². The molecule has 1 unspecified atom stereocenters. The smallest absolute Gasteiger partial charge is 0.0967 e. The van der Waals surface area contributed by atoms with Crippen LogP contribution >= 0.6 is 11.6 Å². The molecule has 1 aromatic carbocycles. The van der Waals surface area contributed by atoms with Gasteiger partial charge in [0.05, 0.1) is 5.60 Å². The summed E-state index contributed by atoms with van der Waals surface area (Å²) in [5.74, 6) is 0. The molecule has 1 rings (SSSR count). The Labute approximate surface area is 96.4 Å². The summed E-state index contributed by atoms with van der Waals surface area (Å²) < 4.78 is 0. The predicted molar refractivity (Wildman–Crippen MR) is 65.0 cm³/mol. The molecule has 0 amide bonds. The van der Waals surface area contributed by atoms with E-state index in [4.69, 9.17) is 11.6 Å². The van der Waals surface area contributed by atoms with Gasteiger partial charge in [0.25, 0.3) is 0 Å². The molecule has 0 heterocycles. The first kappa shape index (κ1) is 12.3. The van der Waals surface area contributed by atoms with Gasteiger partial charge in [-0.2, -0.15) is 0 Å². The number of halogens is 1. The minimum absolute atomic E-state index is 0.433. The molecule has 0 fully saturated rings. The summed E-state index contributed by atoms with van der Waals surface area (Å²) in [5, 5.41) is 11.1. The zero-order chi connectivity index (χ0) is 11.7. The molecule has 0 aliphatic carbocycles. The first-order chi connectivity index (χ1) is 6.83. The van der Waals surface area contributed by atoms with E-state index in [9.17, 15) is 5.11 Å². The van der Waals surface area contributed by atoms with Crippen molar-refractivity contribution in [3.8, 4) is 0 Å². The van der Waals surface area contributed by atoms with Gasteiger partial charge in [-0.25, -0.2) is 0 Å². The molecule has 0 saturated carbocycles. The molecular formula is C13H17ClO. The molecule has 1 N–H and O–H groups in total. The van der Waals surface area contributed by atoms with Crippen molar-refractivity contribution in [3.05, 3.63) is 47.5 Å². The molecule has 0 bridgehead atoms. The average Bonchev–Trinajstić information content (AvgIpc) is 2.18. The summed E-state index contributed by atoms with van der Waals surface area (Å²) in [4.78, 5) is 0. The van der Waals surface area contributed by atoms with Gasteiger partial charge in [0.2, 0.25) is 0 Å². The van der Waals surface area contributed by atoms with E-state index in [0.717, 1.165) is 5.56 Å². The van der Waals surface area contributed by atoms with Crippen LogP contribution in [0.5, 0.6) is 0 Å². The highest BCUT2D eigenvalue weighted by atomic mass is 35.5. The fourth-order valence-corrected chi connectivity index (χ4v) is 1.72. The van der Waals surface area contributed by atoms with Gasteiger partial charge in [0.15, 0.2) is 0 Å². The van der Waals surface area contributed by atoms with Gasteiger partial charge in [-0.3, -0.25) is 0 Å². The fourth-order valence-electron chi connectivity index (χ4n) is 1.40. The van der Waals surface area contributed by atoms with Crippen molar-refractivity contribution in [2.24, 2.45) is 5.41 Å². The molecule has 1 nitrogen and oxygen atoms in total. The van der Waals surface area contributed by atoms with Gasteiger partial charge in [0, 0.05) is 16.0 Å². The number of aliphatic hydroxyl groups is 1. The topological polar surface area (TPSA) is 20.2 Å². The number of rotatable bonds is 3. The van der Waals surface area contributed by atoms with Crippen molar-refractivity contribution in [1.29, 1.82) is 0 Å². The van der Waals surface area contributed by atoms with E-state index < -0.39 is 11.0 Å². The number of hydrogen-bond acceptors (Lipinski definition) is 1. The Hall–Kier alpha value is -0.790. The maximum absolute atomic E-state index is 10.5. The summed E-state index contributed by atoms with van der Waals surface area (Å²) in [6.45, 7) is 9.38. The second kappa shape index (κ2) is 3.99. The van der Waals surface area contributed by atoms with Gasteiger partial charge in [-0.05, 0) is 13.0 Å². The first-order valence-electron chi connectivity index (χ1n) is 4.94. The lowest BCUT2D eigenvalue weighted by molar-refractivity contribution is -0.0305. The van der Waals surface area contributed by atoms with E-state index in [1.54, 1.807) is 19.1 Å². The molecule has 0 radical (unpaired) electrons. The van der Waals surface area contributed by atoms with E-state index >= 15 is 0 Å². The summed E-state index contributed by atoms with van der Waals surface area (Å²) in [6, 6.07) is 7.34. The molecule has 0 aliphatic rings. The Bertz CT molecular complexity index is 367. The highest BCUT2D eigenvalue weighted by Crippen LogP contribution is 2.42. The zero-order valence-electron chi connectivity index (χ0n) is 9.42. The van der Waals surface area contributed by atoms with Crippen molar-refractivity contribution in [2.75, 3.05) is 0 Å². The molecular weight excluding hydrogens is 208 g/mol. The second-order valence-electron chi connectivity index (χ2n) is 4.48. The quantitative estimate of drug-likeness (QED) is 0.776. The minimum Gasteiger partial charge on any atom is -0.385 e. The van der Waals surface area contributed by atoms with Crippen LogP contribution in [0.1, 0.15) is 26.3 Å². The highest BCUT2D eigenvalue weighted by Gasteiger charge is 2.39.